The SMILES string of the molecule is COC(C)Oc1cc2ncn(Cc3ccccc3)c(=O)c2cc1OC(C)=O. The minimum Gasteiger partial charge on any atom is -0.461 e. The van der Waals surface area contributed by atoms with Gasteiger partial charge in [-0.1, -0.05) is 30.3 Å². The van der Waals surface area contributed by atoms with Crippen LogP contribution in [0.5, 0.6) is 11.5 Å². The number of hydrogen-bond acceptors (Lipinski definition) is 6. The number of esters is 1. The number of aromatic nitrogens is 2. The molecule has 0 saturated carbocycles. The third-order valence-corrected chi connectivity index (χ3v) is 3.96. The van der Waals surface area contributed by atoms with E-state index in [1.54, 1.807) is 13.0 Å². The first kappa shape index (κ1) is 18.6. The van der Waals surface area contributed by atoms with Crippen LogP contribution < -0.4 is 15.0 Å². The smallest absolute Gasteiger partial charge is 0.308 e. The van der Waals surface area contributed by atoms with Crippen molar-refractivity contribution in [3.63, 3.8) is 0 Å². The van der Waals surface area contributed by atoms with Gasteiger partial charge in [0, 0.05) is 20.1 Å². The summed E-state index contributed by atoms with van der Waals surface area (Å²) in [6.07, 6.45) is 0.933. The number of benzene rings is 2. The molecular formula is C20H20N2O5. The molecule has 0 bridgehead atoms. The maximum Gasteiger partial charge on any atom is 0.308 e. The van der Waals surface area contributed by atoms with E-state index in [-0.39, 0.29) is 17.1 Å². The Morgan fingerprint density at radius 1 is 1.19 bits per heavy atom. The van der Waals surface area contributed by atoms with Crippen molar-refractivity contribution in [3.8, 4) is 11.5 Å². The summed E-state index contributed by atoms with van der Waals surface area (Å²) >= 11 is 0. The molecule has 0 fully saturated rings. The summed E-state index contributed by atoms with van der Waals surface area (Å²) < 4.78 is 17.4. The highest BCUT2D eigenvalue weighted by atomic mass is 16.7. The largest absolute Gasteiger partial charge is 0.461 e. The van der Waals surface area contributed by atoms with Crippen molar-refractivity contribution >= 4 is 16.9 Å². The molecule has 1 aromatic heterocycles. The molecule has 0 aliphatic rings. The molecule has 3 rings (SSSR count). The van der Waals surface area contributed by atoms with Gasteiger partial charge in [-0.05, 0) is 18.6 Å². The standard InChI is InChI=1S/C20H20N2O5/c1-13(23)26-18-9-16-17(10-19(18)27-14(2)25-3)21-12-22(20(16)24)11-15-7-5-4-6-8-15/h4-10,12,14H,11H2,1-3H3. The van der Waals surface area contributed by atoms with E-state index in [1.807, 2.05) is 30.3 Å². The number of methoxy groups -OCH3 is 1. The average Bonchev–Trinajstić information content (AvgIpc) is 2.65. The van der Waals surface area contributed by atoms with Crippen molar-refractivity contribution in [3.05, 3.63) is 64.7 Å². The van der Waals surface area contributed by atoms with Gasteiger partial charge in [-0.15, -0.1) is 0 Å². The molecule has 0 N–H and O–H groups in total. The average molecular weight is 368 g/mol. The van der Waals surface area contributed by atoms with E-state index in [9.17, 15) is 9.59 Å². The second kappa shape index (κ2) is 8.01. The fraction of sp³-hybridized carbons (Fsp3) is 0.250. The van der Waals surface area contributed by atoms with Crippen LogP contribution in [0.25, 0.3) is 10.9 Å². The van der Waals surface area contributed by atoms with Crippen LogP contribution in [0.1, 0.15) is 19.4 Å². The lowest BCUT2D eigenvalue weighted by atomic mass is 10.2. The van der Waals surface area contributed by atoms with E-state index in [1.165, 1.54) is 31.0 Å². The van der Waals surface area contributed by atoms with Gasteiger partial charge < -0.3 is 14.2 Å². The van der Waals surface area contributed by atoms with Crippen LogP contribution in [0.4, 0.5) is 0 Å². The summed E-state index contributed by atoms with van der Waals surface area (Å²) in [6, 6.07) is 12.7. The summed E-state index contributed by atoms with van der Waals surface area (Å²) in [5, 5.41) is 0.335. The zero-order valence-corrected chi connectivity index (χ0v) is 15.3. The molecule has 7 heteroatoms. The number of carbonyl (C=O) groups excluding carboxylic acids is 1. The van der Waals surface area contributed by atoms with Crippen LogP contribution in [0.15, 0.2) is 53.6 Å². The third kappa shape index (κ3) is 4.32. The Morgan fingerprint density at radius 2 is 1.93 bits per heavy atom. The molecule has 1 unspecified atom stereocenters. The highest BCUT2D eigenvalue weighted by Crippen LogP contribution is 2.31. The van der Waals surface area contributed by atoms with E-state index in [0.29, 0.717) is 17.4 Å². The molecule has 0 spiro atoms. The Labute approximate surface area is 156 Å². The number of fused-ring (bicyclic) bond motifs is 1. The van der Waals surface area contributed by atoms with Gasteiger partial charge in [-0.3, -0.25) is 14.2 Å². The highest BCUT2D eigenvalue weighted by molar-refractivity contribution is 5.83. The Hall–Kier alpha value is -3.19. The van der Waals surface area contributed by atoms with Gasteiger partial charge in [0.25, 0.3) is 5.56 Å². The number of rotatable bonds is 6. The van der Waals surface area contributed by atoms with Crippen molar-refractivity contribution in [2.75, 3.05) is 7.11 Å². The number of nitrogens with zero attached hydrogens (tertiary/aromatic N) is 2. The zero-order valence-electron chi connectivity index (χ0n) is 15.3. The maximum atomic E-state index is 12.9. The first-order valence-electron chi connectivity index (χ1n) is 8.43. The van der Waals surface area contributed by atoms with Crippen LogP contribution >= 0.6 is 0 Å². The predicted octanol–water partition coefficient (Wildman–Crippen LogP) is 2.74. The summed E-state index contributed by atoms with van der Waals surface area (Å²) in [7, 11) is 1.50. The molecule has 1 atom stereocenters. The van der Waals surface area contributed by atoms with Crippen LogP contribution in [-0.4, -0.2) is 28.9 Å². The first-order valence-corrected chi connectivity index (χ1v) is 8.43. The molecule has 3 aromatic rings. The van der Waals surface area contributed by atoms with E-state index in [2.05, 4.69) is 4.98 Å². The molecule has 1 heterocycles. The normalized spacial score (nSPS) is 12.0. The molecule has 0 saturated heterocycles. The van der Waals surface area contributed by atoms with Crippen molar-refractivity contribution < 1.29 is 19.0 Å². The lowest BCUT2D eigenvalue weighted by Crippen LogP contribution is -2.21. The zero-order chi connectivity index (χ0) is 19.4. The van der Waals surface area contributed by atoms with Crippen molar-refractivity contribution in [2.45, 2.75) is 26.7 Å². The quantitative estimate of drug-likeness (QED) is 0.378. The fourth-order valence-electron chi connectivity index (χ4n) is 2.61. The molecule has 27 heavy (non-hydrogen) atoms. The van der Waals surface area contributed by atoms with Crippen LogP contribution in [0.3, 0.4) is 0 Å². The van der Waals surface area contributed by atoms with Crippen LogP contribution in [-0.2, 0) is 16.1 Å². The van der Waals surface area contributed by atoms with Crippen LogP contribution in [0, 0.1) is 0 Å². The van der Waals surface area contributed by atoms with Gasteiger partial charge in [0.15, 0.2) is 17.8 Å². The highest BCUT2D eigenvalue weighted by Gasteiger charge is 2.16. The molecule has 0 aliphatic heterocycles. The molecule has 0 radical (unpaired) electrons. The number of carbonyl (C=O) groups is 1. The third-order valence-electron chi connectivity index (χ3n) is 3.96. The maximum absolute atomic E-state index is 12.9. The second-order valence-electron chi connectivity index (χ2n) is 5.99. The lowest BCUT2D eigenvalue weighted by molar-refractivity contribution is -0.132. The molecule has 2 aromatic carbocycles. The minimum absolute atomic E-state index is 0.148. The Bertz CT molecular complexity index is 1010. The lowest BCUT2D eigenvalue weighted by Gasteiger charge is -2.16. The van der Waals surface area contributed by atoms with E-state index in [0.717, 1.165) is 5.56 Å². The molecule has 0 amide bonds. The van der Waals surface area contributed by atoms with E-state index >= 15 is 0 Å². The second-order valence-corrected chi connectivity index (χ2v) is 5.99. The fourth-order valence-corrected chi connectivity index (χ4v) is 2.61. The summed E-state index contributed by atoms with van der Waals surface area (Å²) in [5.41, 5.74) is 1.19. The van der Waals surface area contributed by atoms with Crippen molar-refractivity contribution in [1.82, 2.24) is 9.55 Å². The van der Waals surface area contributed by atoms with Gasteiger partial charge in [0.1, 0.15) is 0 Å². The molecular weight excluding hydrogens is 348 g/mol. The number of ether oxygens (including phenoxy) is 3. The van der Waals surface area contributed by atoms with Gasteiger partial charge in [-0.25, -0.2) is 4.98 Å². The van der Waals surface area contributed by atoms with E-state index < -0.39 is 12.3 Å². The Morgan fingerprint density at radius 3 is 2.59 bits per heavy atom. The van der Waals surface area contributed by atoms with E-state index in [4.69, 9.17) is 14.2 Å². The van der Waals surface area contributed by atoms with Gasteiger partial charge in [0.2, 0.25) is 0 Å². The summed E-state index contributed by atoms with van der Waals surface area (Å²) in [4.78, 5) is 28.7. The summed E-state index contributed by atoms with van der Waals surface area (Å²) in [6.45, 7) is 3.38. The number of hydrogen-bond donors (Lipinski definition) is 0. The molecule has 0 aliphatic carbocycles. The Kier molecular flexibility index (Phi) is 5.52. The molecule has 7 nitrogen and oxygen atoms in total. The van der Waals surface area contributed by atoms with Gasteiger partial charge in [0.05, 0.1) is 23.8 Å². The first-order chi connectivity index (χ1) is 13.0. The van der Waals surface area contributed by atoms with Crippen molar-refractivity contribution in [1.29, 1.82) is 0 Å². The van der Waals surface area contributed by atoms with Gasteiger partial charge in [-0.2, -0.15) is 0 Å². The minimum atomic E-state index is -0.560. The monoisotopic (exact) mass is 368 g/mol. The topological polar surface area (TPSA) is 79.7 Å². The predicted molar refractivity (Wildman–Crippen MR) is 100.0 cm³/mol. The Balaban J connectivity index is 2.07. The van der Waals surface area contributed by atoms with Gasteiger partial charge >= 0.3 is 5.97 Å². The van der Waals surface area contributed by atoms with Crippen LogP contribution in [0.2, 0.25) is 0 Å². The molecule has 140 valence electrons. The summed E-state index contributed by atoms with van der Waals surface area (Å²) in [5.74, 6) is -0.0900. The van der Waals surface area contributed by atoms with Crippen molar-refractivity contribution in [2.24, 2.45) is 0 Å².